The molecule has 2 aromatic rings. The van der Waals surface area contributed by atoms with Gasteiger partial charge in [-0.2, -0.15) is 0 Å². The van der Waals surface area contributed by atoms with Crippen molar-refractivity contribution in [3.63, 3.8) is 0 Å². The lowest BCUT2D eigenvalue weighted by atomic mass is 9.77. The normalized spacial score (nSPS) is 19.4. The predicted molar refractivity (Wildman–Crippen MR) is 87.9 cm³/mol. The molecule has 144 valence electrons. The van der Waals surface area contributed by atoms with Crippen molar-refractivity contribution in [3.8, 4) is 16.9 Å². The third-order valence-corrected chi connectivity index (χ3v) is 4.40. The monoisotopic (exact) mass is 384 g/mol. The highest BCUT2D eigenvalue weighted by molar-refractivity contribution is 5.68. The summed E-state index contributed by atoms with van der Waals surface area (Å²) in [5.41, 5.74) is 1.43. The van der Waals surface area contributed by atoms with E-state index in [1.54, 1.807) is 24.3 Å². The Morgan fingerprint density at radius 1 is 1.11 bits per heavy atom. The maximum atomic E-state index is 14.0. The number of hydrogen-bond acceptors (Lipinski definition) is 3. The van der Waals surface area contributed by atoms with Gasteiger partial charge in [0.2, 0.25) is 0 Å². The first-order valence-electron chi connectivity index (χ1n) is 8.20. The van der Waals surface area contributed by atoms with Crippen molar-refractivity contribution in [2.45, 2.75) is 31.2 Å². The van der Waals surface area contributed by atoms with Crippen LogP contribution in [0, 0.1) is 5.82 Å². The lowest BCUT2D eigenvalue weighted by Gasteiger charge is -2.35. The quantitative estimate of drug-likeness (QED) is 0.731. The summed E-state index contributed by atoms with van der Waals surface area (Å²) in [7, 11) is 0. The zero-order valence-corrected chi connectivity index (χ0v) is 14.0. The molecule has 2 aromatic carbocycles. The lowest BCUT2D eigenvalue weighted by Crippen LogP contribution is -2.31. The molecule has 0 unspecified atom stereocenters. The van der Waals surface area contributed by atoms with Gasteiger partial charge in [-0.05, 0) is 48.1 Å². The molecule has 0 atom stereocenters. The van der Waals surface area contributed by atoms with Crippen molar-refractivity contribution >= 4 is 5.97 Å². The molecule has 3 rings (SSSR count). The van der Waals surface area contributed by atoms with Crippen LogP contribution in [-0.2, 0) is 9.53 Å². The Hall–Kier alpha value is -2.61. The lowest BCUT2D eigenvalue weighted by molar-refractivity contribution is -0.274. The van der Waals surface area contributed by atoms with Gasteiger partial charge in [0, 0.05) is 5.56 Å². The summed E-state index contributed by atoms with van der Waals surface area (Å²) in [6, 6.07) is 9.70. The molecule has 1 fully saturated rings. The Labute approximate surface area is 152 Å². The Balaban J connectivity index is 1.67. The van der Waals surface area contributed by atoms with E-state index in [4.69, 9.17) is 9.84 Å². The second kappa shape index (κ2) is 7.56. The molecule has 1 aliphatic rings. The maximum absolute atomic E-state index is 14.0. The Morgan fingerprint density at radius 2 is 1.78 bits per heavy atom. The molecular weight excluding hydrogens is 368 g/mol. The average Bonchev–Trinajstić information content (AvgIpc) is 2.54. The molecule has 1 aliphatic carbocycles. The van der Waals surface area contributed by atoms with Crippen LogP contribution in [0.25, 0.3) is 11.1 Å². The highest BCUT2D eigenvalue weighted by Gasteiger charge is 2.32. The fourth-order valence-electron chi connectivity index (χ4n) is 3.02. The summed E-state index contributed by atoms with van der Waals surface area (Å²) in [4.78, 5) is 10.5. The van der Waals surface area contributed by atoms with Crippen LogP contribution in [0.1, 0.15) is 24.3 Å². The molecule has 27 heavy (non-hydrogen) atoms. The van der Waals surface area contributed by atoms with Crippen LogP contribution < -0.4 is 4.74 Å². The molecule has 0 aliphatic heterocycles. The average molecular weight is 384 g/mol. The largest absolute Gasteiger partial charge is 0.573 e. The number of hydrogen-bond donors (Lipinski definition) is 1. The number of carboxylic acids is 1. The van der Waals surface area contributed by atoms with Crippen molar-refractivity contribution in [1.29, 1.82) is 0 Å². The topological polar surface area (TPSA) is 55.8 Å². The van der Waals surface area contributed by atoms with Crippen molar-refractivity contribution < 1.29 is 36.9 Å². The van der Waals surface area contributed by atoms with Crippen molar-refractivity contribution in [2.24, 2.45) is 0 Å². The molecule has 0 saturated heterocycles. The van der Waals surface area contributed by atoms with Crippen LogP contribution in [0.5, 0.6) is 5.75 Å². The minimum Gasteiger partial charge on any atom is -0.480 e. The third kappa shape index (κ3) is 4.97. The Kier molecular flexibility index (Phi) is 5.36. The van der Waals surface area contributed by atoms with Gasteiger partial charge in [-0.25, -0.2) is 9.18 Å². The molecule has 0 aromatic heterocycles. The molecular formula is C19H16F4O4. The SMILES string of the molecule is O=C(O)COC1CC(c2ccc(-c3cc(OC(F)(F)F)ccc3F)cc2)C1. The van der Waals surface area contributed by atoms with E-state index in [1.807, 2.05) is 0 Å². The number of ether oxygens (including phenoxy) is 2. The van der Waals surface area contributed by atoms with E-state index in [-0.39, 0.29) is 24.2 Å². The second-order valence-corrected chi connectivity index (χ2v) is 6.31. The van der Waals surface area contributed by atoms with Gasteiger partial charge >= 0.3 is 12.3 Å². The Bertz CT molecular complexity index is 811. The highest BCUT2D eigenvalue weighted by atomic mass is 19.4. The minimum atomic E-state index is -4.84. The summed E-state index contributed by atoms with van der Waals surface area (Å²) in [5.74, 6) is -1.94. The molecule has 0 amide bonds. The third-order valence-electron chi connectivity index (χ3n) is 4.40. The molecule has 0 bridgehead atoms. The van der Waals surface area contributed by atoms with E-state index >= 15 is 0 Å². The number of aliphatic carboxylic acids is 1. The highest BCUT2D eigenvalue weighted by Crippen LogP contribution is 2.39. The number of carboxylic acid groups (broad SMARTS) is 1. The van der Waals surface area contributed by atoms with Gasteiger partial charge in [-0.15, -0.1) is 13.2 Å². The first kappa shape index (κ1) is 19.2. The van der Waals surface area contributed by atoms with E-state index < -0.39 is 23.9 Å². The van der Waals surface area contributed by atoms with Crippen molar-refractivity contribution in [2.75, 3.05) is 6.61 Å². The smallest absolute Gasteiger partial charge is 0.480 e. The van der Waals surface area contributed by atoms with E-state index in [0.29, 0.717) is 18.4 Å². The van der Waals surface area contributed by atoms with Gasteiger partial charge in [0.15, 0.2) is 0 Å². The summed E-state index contributed by atoms with van der Waals surface area (Å²) in [5, 5.41) is 8.58. The van der Waals surface area contributed by atoms with E-state index in [1.165, 1.54) is 0 Å². The second-order valence-electron chi connectivity index (χ2n) is 6.31. The van der Waals surface area contributed by atoms with Gasteiger partial charge in [0.05, 0.1) is 6.10 Å². The molecule has 1 N–H and O–H groups in total. The Morgan fingerprint density at radius 3 is 2.37 bits per heavy atom. The van der Waals surface area contributed by atoms with Gasteiger partial charge < -0.3 is 14.6 Å². The molecule has 0 heterocycles. The van der Waals surface area contributed by atoms with Crippen LogP contribution in [-0.4, -0.2) is 30.1 Å². The zero-order valence-electron chi connectivity index (χ0n) is 14.0. The van der Waals surface area contributed by atoms with Crippen LogP contribution in [0.4, 0.5) is 17.6 Å². The maximum Gasteiger partial charge on any atom is 0.573 e. The number of alkyl halides is 3. The molecule has 0 radical (unpaired) electrons. The first-order chi connectivity index (χ1) is 12.7. The minimum absolute atomic E-state index is 0.0135. The standard InChI is InChI=1S/C19H16F4O4/c20-17-6-5-14(27-19(21,22)23)9-16(17)12-3-1-11(2-4-12)13-7-15(8-13)26-10-18(24)25/h1-6,9,13,15H,7-8,10H2,(H,24,25). The van der Waals surface area contributed by atoms with Crippen molar-refractivity contribution in [3.05, 3.63) is 53.8 Å². The zero-order chi connectivity index (χ0) is 19.6. The summed E-state index contributed by atoms with van der Waals surface area (Å²) >= 11 is 0. The fraction of sp³-hybridized carbons (Fsp3) is 0.316. The number of benzene rings is 2. The molecule has 0 spiro atoms. The van der Waals surface area contributed by atoms with E-state index in [2.05, 4.69) is 4.74 Å². The number of halogens is 4. The number of rotatable bonds is 6. The van der Waals surface area contributed by atoms with E-state index in [9.17, 15) is 22.4 Å². The molecule has 8 heteroatoms. The summed E-state index contributed by atoms with van der Waals surface area (Å²) < 4.78 is 60.1. The summed E-state index contributed by atoms with van der Waals surface area (Å²) in [6.45, 7) is -0.327. The van der Waals surface area contributed by atoms with Gasteiger partial charge in [-0.3, -0.25) is 0 Å². The number of carbonyl (C=O) groups is 1. The van der Waals surface area contributed by atoms with Crippen LogP contribution in [0.3, 0.4) is 0 Å². The van der Waals surface area contributed by atoms with Crippen molar-refractivity contribution in [1.82, 2.24) is 0 Å². The van der Waals surface area contributed by atoms with Gasteiger partial charge in [-0.1, -0.05) is 24.3 Å². The van der Waals surface area contributed by atoms with Crippen LogP contribution in [0.2, 0.25) is 0 Å². The van der Waals surface area contributed by atoms with Gasteiger partial charge in [0.25, 0.3) is 0 Å². The van der Waals surface area contributed by atoms with Crippen LogP contribution >= 0.6 is 0 Å². The van der Waals surface area contributed by atoms with Gasteiger partial charge in [0.1, 0.15) is 18.2 Å². The predicted octanol–water partition coefficient (Wildman–Crippen LogP) is 4.74. The summed E-state index contributed by atoms with van der Waals surface area (Å²) in [6.07, 6.45) is -3.56. The van der Waals surface area contributed by atoms with Crippen LogP contribution in [0.15, 0.2) is 42.5 Å². The van der Waals surface area contributed by atoms with E-state index in [0.717, 1.165) is 23.8 Å². The first-order valence-corrected chi connectivity index (χ1v) is 8.20. The molecule has 1 saturated carbocycles. The fourth-order valence-corrected chi connectivity index (χ4v) is 3.02. The molecule has 4 nitrogen and oxygen atoms in total.